The standard InChI is InChI=1S/C14H19N3O/c1-17-8-7-14(16-17)10-15-9-12-3-5-13(6-4-12)11-18-2/h3-8,15H,9-11H2,1-2H3. The summed E-state index contributed by atoms with van der Waals surface area (Å²) in [5, 5.41) is 7.69. The topological polar surface area (TPSA) is 39.1 Å². The third-order valence-corrected chi connectivity index (χ3v) is 2.74. The summed E-state index contributed by atoms with van der Waals surface area (Å²) in [6.07, 6.45) is 1.95. The van der Waals surface area contributed by atoms with Gasteiger partial charge in [-0.1, -0.05) is 24.3 Å². The Balaban J connectivity index is 1.79. The second-order valence-corrected chi connectivity index (χ2v) is 4.33. The molecule has 0 atom stereocenters. The molecule has 0 fully saturated rings. The molecule has 0 bridgehead atoms. The van der Waals surface area contributed by atoms with Crippen molar-refractivity contribution in [3.05, 3.63) is 53.3 Å². The smallest absolute Gasteiger partial charge is 0.0762 e. The lowest BCUT2D eigenvalue weighted by Crippen LogP contribution is -2.13. The zero-order chi connectivity index (χ0) is 12.8. The summed E-state index contributed by atoms with van der Waals surface area (Å²) in [4.78, 5) is 0. The van der Waals surface area contributed by atoms with Crippen molar-refractivity contribution < 1.29 is 4.74 Å². The number of aryl methyl sites for hydroxylation is 1. The first-order valence-corrected chi connectivity index (χ1v) is 6.04. The molecule has 0 saturated heterocycles. The molecule has 0 radical (unpaired) electrons. The minimum atomic E-state index is 0.668. The molecule has 1 heterocycles. The van der Waals surface area contributed by atoms with Crippen LogP contribution in [0.1, 0.15) is 16.8 Å². The van der Waals surface area contributed by atoms with Crippen molar-refractivity contribution in [3.63, 3.8) is 0 Å². The highest BCUT2D eigenvalue weighted by Crippen LogP contribution is 2.05. The predicted octanol–water partition coefficient (Wildman–Crippen LogP) is 1.86. The highest BCUT2D eigenvalue weighted by Gasteiger charge is 1.97. The summed E-state index contributed by atoms with van der Waals surface area (Å²) < 4.78 is 6.90. The van der Waals surface area contributed by atoms with E-state index in [0.717, 1.165) is 18.8 Å². The fraction of sp³-hybridized carbons (Fsp3) is 0.357. The molecular formula is C14H19N3O. The van der Waals surface area contributed by atoms with Crippen LogP contribution in [-0.2, 0) is 31.5 Å². The molecule has 0 amide bonds. The van der Waals surface area contributed by atoms with Gasteiger partial charge in [-0.05, 0) is 17.2 Å². The van der Waals surface area contributed by atoms with Gasteiger partial charge in [0.25, 0.3) is 0 Å². The minimum absolute atomic E-state index is 0.668. The Morgan fingerprint density at radius 2 is 1.83 bits per heavy atom. The molecule has 0 spiro atoms. The Hall–Kier alpha value is -1.65. The second kappa shape index (κ2) is 6.33. The largest absolute Gasteiger partial charge is 0.380 e. The molecular weight excluding hydrogens is 226 g/mol. The van der Waals surface area contributed by atoms with Crippen LogP contribution in [0.4, 0.5) is 0 Å². The zero-order valence-corrected chi connectivity index (χ0v) is 10.9. The molecule has 1 aromatic carbocycles. The SMILES string of the molecule is COCc1ccc(CNCc2ccn(C)n2)cc1. The summed E-state index contributed by atoms with van der Waals surface area (Å²) in [7, 11) is 3.64. The quantitative estimate of drug-likeness (QED) is 0.844. The van der Waals surface area contributed by atoms with Crippen LogP contribution < -0.4 is 5.32 Å². The average molecular weight is 245 g/mol. The lowest BCUT2D eigenvalue weighted by atomic mass is 10.1. The van der Waals surface area contributed by atoms with Crippen molar-refractivity contribution in [1.82, 2.24) is 15.1 Å². The van der Waals surface area contributed by atoms with E-state index >= 15 is 0 Å². The Kier molecular flexibility index (Phi) is 4.50. The van der Waals surface area contributed by atoms with Crippen molar-refractivity contribution in [2.24, 2.45) is 7.05 Å². The van der Waals surface area contributed by atoms with Gasteiger partial charge in [0.05, 0.1) is 12.3 Å². The van der Waals surface area contributed by atoms with Crippen molar-refractivity contribution in [2.45, 2.75) is 19.7 Å². The third-order valence-electron chi connectivity index (χ3n) is 2.74. The van der Waals surface area contributed by atoms with Crippen molar-refractivity contribution in [2.75, 3.05) is 7.11 Å². The van der Waals surface area contributed by atoms with E-state index in [1.165, 1.54) is 11.1 Å². The van der Waals surface area contributed by atoms with E-state index < -0.39 is 0 Å². The average Bonchev–Trinajstić information content (AvgIpc) is 2.78. The second-order valence-electron chi connectivity index (χ2n) is 4.33. The molecule has 0 aliphatic heterocycles. The van der Waals surface area contributed by atoms with E-state index in [0.29, 0.717) is 6.61 Å². The molecule has 2 rings (SSSR count). The monoisotopic (exact) mass is 245 g/mol. The van der Waals surface area contributed by atoms with Gasteiger partial charge in [0.15, 0.2) is 0 Å². The number of hydrogen-bond donors (Lipinski definition) is 1. The van der Waals surface area contributed by atoms with Gasteiger partial charge in [0.1, 0.15) is 0 Å². The summed E-state index contributed by atoms with van der Waals surface area (Å²) in [6, 6.07) is 10.5. The molecule has 18 heavy (non-hydrogen) atoms. The van der Waals surface area contributed by atoms with Crippen molar-refractivity contribution in [3.8, 4) is 0 Å². The van der Waals surface area contributed by atoms with E-state index in [9.17, 15) is 0 Å². The van der Waals surface area contributed by atoms with Gasteiger partial charge in [-0.3, -0.25) is 4.68 Å². The third kappa shape index (κ3) is 3.68. The number of nitrogens with one attached hydrogen (secondary N) is 1. The van der Waals surface area contributed by atoms with E-state index in [4.69, 9.17) is 4.74 Å². The van der Waals surface area contributed by atoms with Gasteiger partial charge in [0.2, 0.25) is 0 Å². The summed E-state index contributed by atoms with van der Waals surface area (Å²) in [5.41, 5.74) is 3.53. The van der Waals surface area contributed by atoms with Gasteiger partial charge in [-0.15, -0.1) is 0 Å². The van der Waals surface area contributed by atoms with Crippen LogP contribution in [-0.4, -0.2) is 16.9 Å². The van der Waals surface area contributed by atoms with Gasteiger partial charge in [0, 0.05) is 33.4 Å². The Labute approximate surface area is 108 Å². The Morgan fingerprint density at radius 3 is 2.44 bits per heavy atom. The minimum Gasteiger partial charge on any atom is -0.380 e. The highest BCUT2D eigenvalue weighted by atomic mass is 16.5. The molecule has 4 nitrogen and oxygen atoms in total. The van der Waals surface area contributed by atoms with Gasteiger partial charge in [-0.25, -0.2) is 0 Å². The maximum Gasteiger partial charge on any atom is 0.0762 e. The van der Waals surface area contributed by atoms with E-state index in [-0.39, 0.29) is 0 Å². The van der Waals surface area contributed by atoms with Crippen molar-refractivity contribution >= 4 is 0 Å². The first kappa shape index (κ1) is 12.8. The summed E-state index contributed by atoms with van der Waals surface area (Å²) in [6.45, 7) is 2.31. The maximum atomic E-state index is 5.08. The molecule has 1 aromatic heterocycles. The first-order valence-electron chi connectivity index (χ1n) is 6.04. The van der Waals surface area contributed by atoms with Gasteiger partial charge in [-0.2, -0.15) is 5.10 Å². The van der Waals surface area contributed by atoms with Crippen LogP contribution in [0, 0.1) is 0 Å². The molecule has 4 heteroatoms. The zero-order valence-electron chi connectivity index (χ0n) is 10.9. The number of aromatic nitrogens is 2. The lowest BCUT2D eigenvalue weighted by Gasteiger charge is -2.05. The van der Waals surface area contributed by atoms with E-state index in [2.05, 4.69) is 34.7 Å². The summed E-state index contributed by atoms with van der Waals surface area (Å²) in [5.74, 6) is 0. The molecule has 0 saturated carbocycles. The van der Waals surface area contributed by atoms with Gasteiger partial charge < -0.3 is 10.1 Å². The molecule has 0 aliphatic carbocycles. The molecule has 1 N–H and O–H groups in total. The number of rotatable bonds is 6. The number of benzene rings is 1. The number of nitrogens with zero attached hydrogens (tertiary/aromatic N) is 2. The summed E-state index contributed by atoms with van der Waals surface area (Å²) >= 11 is 0. The van der Waals surface area contributed by atoms with E-state index in [1.807, 2.05) is 24.0 Å². The first-order chi connectivity index (χ1) is 8.78. The van der Waals surface area contributed by atoms with Crippen molar-refractivity contribution in [1.29, 1.82) is 0 Å². The number of methoxy groups -OCH3 is 1. The van der Waals surface area contributed by atoms with Crippen LogP contribution in [0.5, 0.6) is 0 Å². The van der Waals surface area contributed by atoms with Crippen LogP contribution >= 0.6 is 0 Å². The van der Waals surface area contributed by atoms with Crippen LogP contribution in [0.25, 0.3) is 0 Å². The Morgan fingerprint density at radius 1 is 1.11 bits per heavy atom. The number of hydrogen-bond acceptors (Lipinski definition) is 3. The van der Waals surface area contributed by atoms with Gasteiger partial charge >= 0.3 is 0 Å². The maximum absolute atomic E-state index is 5.08. The highest BCUT2D eigenvalue weighted by molar-refractivity contribution is 5.22. The number of ether oxygens (including phenoxy) is 1. The van der Waals surface area contributed by atoms with Crippen LogP contribution in [0.2, 0.25) is 0 Å². The molecule has 0 aliphatic rings. The molecule has 96 valence electrons. The molecule has 2 aromatic rings. The Bertz CT molecular complexity index is 476. The normalized spacial score (nSPS) is 10.8. The predicted molar refractivity (Wildman–Crippen MR) is 70.9 cm³/mol. The van der Waals surface area contributed by atoms with E-state index in [1.54, 1.807) is 7.11 Å². The fourth-order valence-corrected chi connectivity index (χ4v) is 1.81. The molecule has 0 unspecified atom stereocenters. The van der Waals surface area contributed by atoms with Crippen LogP contribution in [0.15, 0.2) is 36.5 Å². The lowest BCUT2D eigenvalue weighted by molar-refractivity contribution is 0.185. The van der Waals surface area contributed by atoms with Crippen LogP contribution in [0.3, 0.4) is 0 Å². The fourth-order valence-electron chi connectivity index (χ4n) is 1.81.